The first-order valence-electron chi connectivity index (χ1n) is 7.76. The van der Waals surface area contributed by atoms with Gasteiger partial charge >= 0.3 is 5.97 Å². The van der Waals surface area contributed by atoms with Gasteiger partial charge in [0.1, 0.15) is 6.61 Å². The number of nitrogens with one attached hydrogen (secondary N) is 1. The van der Waals surface area contributed by atoms with Crippen molar-refractivity contribution in [1.82, 2.24) is 5.32 Å². The molecule has 1 aromatic rings. The van der Waals surface area contributed by atoms with E-state index in [1.807, 2.05) is 0 Å². The summed E-state index contributed by atoms with van der Waals surface area (Å²) in [7, 11) is 0. The van der Waals surface area contributed by atoms with Gasteiger partial charge in [-0.2, -0.15) is 0 Å². The van der Waals surface area contributed by atoms with E-state index in [2.05, 4.69) is 12.2 Å². The maximum Gasteiger partial charge on any atom is 0.330 e. The maximum atomic E-state index is 12.0. The summed E-state index contributed by atoms with van der Waals surface area (Å²) >= 11 is 0. The topological polar surface area (TPSA) is 75.6 Å². The number of carbonyl (C=O) groups is 2. The lowest BCUT2D eigenvalue weighted by Gasteiger charge is -2.28. The van der Waals surface area contributed by atoms with Gasteiger partial charge in [0.05, 0.1) is 6.10 Å². The normalized spacial score (nSPS) is 22.8. The highest BCUT2D eigenvalue weighted by Gasteiger charge is 2.25. The summed E-state index contributed by atoms with van der Waals surface area (Å²) in [5.74, 6) is -1.02. The van der Waals surface area contributed by atoms with Gasteiger partial charge < -0.3 is 15.2 Å². The van der Waals surface area contributed by atoms with Gasteiger partial charge in [-0.1, -0.05) is 50.1 Å². The third kappa shape index (κ3) is 4.56. The summed E-state index contributed by atoms with van der Waals surface area (Å²) < 4.78 is 5.67. The molecule has 5 nitrogen and oxygen atoms in total. The van der Waals surface area contributed by atoms with Gasteiger partial charge in [-0.05, 0) is 24.3 Å². The number of carboxylic acids is 1. The molecule has 2 rings (SSSR count). The van der Waals surface area contributed by atoms with Crippen LogP contribution in [-0.4, -0.2) is 29.7 Å². The van der Waals surface area contributed by atoms with Gasteiger partial charge in [0.2, 0.25) is 5.91 Å². The zero-order chi connectivity index (χ0) is 15.9. The zero-order valence-electron chi connectivity index (χ0n) is 12.8. The number of ether oxygens (including phenoxy) is 1. The van der Waals surface area contributed by atoms with Crippen LogP contribution in [0.15, 0.2) is 30.3 Å². The van der Waals surface area contributed by atoms with Gasteiger partial charge in [0.25, 0.3) is 0 Å². The van der Waals surface area contributed by atoms with Crippen molar-refractivity contribution in [3.63, 3.8) is 0 Å². The van der Waals surface area contributed by atoms with E-state index in [4.69, 9.17) is 4.74 Å². The fraction of sp³-hybridized carbons (Fsp3) is 0.529. The second-order valence-electron chi connectivity index (χ2n) is 5.86. The number of benzene rings is 1. The van der Waals surface area contributed by atoms with Crippen molar-refractivity contribution >= 4 is 11.9 Å². The predicted octanol–water partition coefficient (Wildman–Crippen LogP) is 2.52. The van der Waals surface area contributed by atoms with Crippen LogP contribution in [0.2, 0.25) is 0 Å². The quantitative estimate of drug-likeness (QED) is 0.847. The molecule has 0 saturated heterocycles. The number of hydrogen-bond donors (Lipinski definition) is 2. The second-order valence-corrected chi connectivity index (χ2v) is 5.86. The molecule has 0 heterocycles. The molecule has 1 aliphatic carbocycles. The molecule has 1 saturated carbocycles. The molecule has 0 spiro atoms. The molecule has 0 aromatic heterocycles. The van der Waals surface area contributed by atoms with Gasteiger partial charge in [-0.3, -0.25) is 4.79 Å². The van der Waals surface area contributed by atoms with Crippen LogP contribution < -0.4 is 5.32 Å². The van der Waals surface area contributed by atoms with Crippen LogP contribution >= 0.6 is 0 Å². The highest BCUT2D eigenvalue weighted by atomic mass is 16.5. The molecular formula is C17H23NO4. The standard InChI is InChI=1S/C17H23NO4/c1-12-7-5-6-10-14(12)22-11-15(19)18-16(17(20)21)13-8-3-2-4-9-13/h2-4,8-9,12,14,16H,5-7,10-11H2,1H3,(H,18,19)(H,20,21). The lowest BCUT2D eigenvalue weighted by atomic mass is 9.88. The van der Waals surface area contributed by atoms with Gasteiger partial charge in [0, 0.05) is 0 Å². The minimum absolute atomic E-state index is 0.0916. The van der Waals surface area contributed by atoms with Crippen molar-refractivity contribution in [2.24, 2.45) is 5.92 Å². The molecule has 3 atom stereocenters. The molecule has 22 heavy (non-hydrogen) atoms. The minimum atomic E-state index is -1.08. The summed E-state index contributed by atoms with van der Waals surface area (Å²) in [5.41, 5.74) is 0.550. The number of hydrogen-bond acceptors (Lipinski definition) is 3. The smallest absolute Gasteiger partial charge is 0.330 e. The van der Waals surface area contributed by atoms with Crippen LogP contribution in [0.3, 0.4) is 0 Å². The van der Waals surface area contributed by atoms with E-state index < -0.39 is 17.9 Å². The molecule has 1 aromatic carbocycles. The summed E-state index contributed by atoms with van der Waals surface area (Å²) in [5, 5.41) is 11.8. The number of amides is 1. The summed E-state index contributed by atoms with van der Waals surface area (Å²) in [6, 6.07) is 7.63. The summed E-state index contributed by atoms with van der Waals surface area (Å²) in [6.07, 6.45) is 4.52. The van der Waals surface area contributed by atoms with Crippen molar-refractivity contribution in [2.75, 3.05) is 6.61 Å². The third-order valence-electron chi connectivity index (χ3n) is 4.15. The van der Waals surface area contributed by atoms with Gasteiger partial charge in [-0.15, -0.1) is 0 Å². The molecule has 0 aliphatic heterocycles. The van der Waals surface area contributed by atoms with Crippen LogP contribution in [-0.2, 0) is 14.3 Å². The van der Waals surface area contributed by atoms with Crippen molar-refractivity contribution in [1.29, 1.82) is 0 Å². The molecule has 1 aliphatic rings. The highest BCUT2D eigenvalue weighted by Crippen LogP contribution is 2.26. The van der Waals surface area contributed by atoms with E-state index in [1.165, 1.54) is 6.42 Å². The molecule has 1 amide bonds. The Morgan fingerprint density at radius 2 is 1.95 bits per heavy atom. The largest absolute Gasteiger partial charge is 0.479 e. The molecule has 1 fully saturated rings. The SMILES string of the molecule is CC1CCCCC1OCC(=O)NC(C(=O)O)c1ccccc1. The first-order valence-corrected chi connectivity index (χ1v) is 7.76. The number of rotatable bonds is 6. The molecule has 2 N–H and O–H groups in total. The average Bonchev–Trinajstić information content (AvgIpc) is 2.52. The van der Waals surface area contributed by atoms with Crippen LogP contribution in [0.5, 0.6) is 0 Å². The van der Waals surface area contributed by atoms with Crippen molar-refractivity contribution in [2.45, 2.75) is 44.8 Å². The van der Waals surface area contributed by atoms with Crippen LogP contribution in [0.25, 0.3) is 0 Å². The Kier molecular flexibility index (Phi) is 5.95. The third-order valence-corrected chi connectivity index (χ3v) is 4.15. The average molecular weight is 305 g/mol. The maximum absolute atomic E-state index is 12.0. The van der Waals surface area contributed by atoms with Crippen LogP contribution in [0, 0.1) is 5.92 Å². The molecular weight excluding hydrogens is 282 g/mol. The number of aliphatic carboxylic acids is 1. The molecule has 120 valence electrons. The number of carboxylic acid groups (broad SMARTS) is 1. The van der Waals surface area contributed by atoms with E-state index in [0.717, 1.165) is 19.3 Å². The van der Waals surface area contributed by atoms with Crippen molar-refractivity contribution in [3.8, 4) is 0 Å². The minimum Gasteiger partial charge on any atom is -0.479 e. The fourth-order valence-electron chi connectivity index (χ4n) is 2.85. The van der Waals surface area contributed by atoms with Crippen molar-refractivity contribution < 1.29 is 19.4 Å². The van der Waals surface area contributed by atoms with E-state index >= 15 is 0 Å². The monoisotopic (exact) mass is 305 g/mol. The van der Waals surface area contributed by atoms with E-state index in [9.17, 15) is 14.7 Å². The van der Waals surface area contributed by atoms with E-state index in [-0.39, 0.29) is 12.7 Å². The Morgan fingerprint density at radius 1 is 1.27 bits per heavy atom. The summed E-state index contributed by atoms with van der Waals surface area (Å²) in [6.45, 7) is 2.04. The summed E-state index contributed by atoms with van der Waals surface area (Å²) in [4.78, 5) is 23.3. The van der Waals surface area contributed by atoms with Crippen LogP contribution in [0.4, 0.5) is 0 Å². The zero-order valence-corrected chi connectivity index (χ0v) is 12.8. The molecule has 0 radical (unpaired) electrons. The predicted molar refractivity (Wildman–Crippen MR) is 82.3 cm³/mol. The molecule has 0 bridgehead atoms. The Labute approximate surface area is 130 Å². The molecule has 3 unspecified atom stereocenters. The highest BCUT2D eigenvalue weighted by molar-refractivity contribution is 5.85. The lowest BCUT2D eigenvalue weighted by molar-refractivity contribution is -0.143. The Morgan fingerprint density at radius 3 is 2.59 bits per heavy atom. The lowest BCUT2D eigenvalue weighted by Crippen LogP contribution is -2.38. The van der Waals surface area contributed by atoms with Crippen LogP contribution in [0.1, 0.15) is 44.2 Å². The Hall–Kier alpha value is -1.88. The van der Waals surface area contributed by atoms with E-state index in [0.29, 0.717) is 11.5 Å². The fourth-order valence-corrected chi connectivity index (χ4v) is 2.85. The Bertz CT molecular complexity index is 503. The van der Waals surface area contributed by atoms with E-state index in [1.54, 1.807) is 30.3 Å². The molecule has 5 heteroatoms. The first-order chi connectivity index (χ1) is 10.6. The van der Waals surface area contributed by atoms with Gasteiger partial charge in [0.15, 0.2) is 6.04 Å². The number of carbonyl (C=O) groups excluding carboxylic acids is 1. The first kappa shape index (κ1) is 16.5. The second kappa shape index (κ2) is 7.94. The van der Waals surface area contributed by atoms with Crippen molar-refractivity contribution in [3.05, 3.63) is 35.9 Å². The Balaban J connectivity index is 1.87. The van der Waals surface area contributed by atoms with Gasteiger partial charge in [-0.25, -0.2) is 4.79 Å².